The van der Waals surface area contributed by atoms with E-state index in [2.05, 4.69) is 18.4 Å². The van der Waals surface area contributed by atoms with Crippen LogP contribution in [0.3, 0.4) is 0 Å². The number of hydrogen-bond donors (Lipinski definition) is 2. The van der Waals surface area contributed by atoms with E-state index in [0.717, 1.165) is 51.4 Å². The van der Waals surface area contributed by atoms with Crippen LogP contribution in [0.25, 0.3) is 0 Å². The molecular formula is C25H49O8P. The summed E-state index contributed by atoms with van der Waals surface area (Å²) in [4.78, 5) is 41.9. The molecule has 0 amide bonds. The first-order valence-electron chi connectivity index (χ1n) is 13.3. The molecule has 1 unspecified atom stereocenters. The van der Waals surface area contributed by atoms with E-state index in [-0.39, 0.29) is 19.4 Å². The van der Waals surface area contributed by atoms with Crippen LogP contribution >= 0.6 is 7.82 Å². The minimum atomic E-state index is -4.72. The van der Waals surface area contributed by atoms with Crippen molar-refractivity contribution in [3.05, 3.63) is 0 Å². The third kappa shape index (κ3) is 24.2. The minimum absolute atomic E-state index is 0.217. The molecule has 0 heterocycles. The lowest BCUT2D eigenvalue weighted by Crippen LogP contribution is -2.29. The van der Waals surface area contributed by atoms with E-state index in [4.69, 9.17) is 19.3 Å². The number of rotatable bonds is 24. The number of carbonyl (C=O) groups excluding carboxylic acids is 2. The number of carbonyl (C=O) groups is 2. The number of unbranched alkanes of at least 4 members (excludes halogenated alkanes) is 14. The molecule has 1 atom stereocenters. The molecule has 2 N–H and O–H groups in total. The van der Waals surface area contributed by atoms with Crippen LogP contribution < -0.4 is 0 Å². The third-order valence-electron chi connectivity index (χ3n) is 5.63. The Hall–Kier alpha value is -0.950. The van der Waals surface area contributed by atoms with Crippen molar-refractivity contribution in [2.45, 2.75) is 136 Å². The van der Waals surface area contributed by atoms with Gasteiger partial charge in [0.05, 0.1) is 6.61 Å². The monoisotopic (exact) mass is 508 g/mol. The summed E-state index contributed by atoms with van der Waals surface area (Å²) >= 11 is 0. The first kappa shape index (κ1) is 33.0. The van der Waals surface area contributed by atoms with Gasteiger partial charge in [-0.25, -0.2) is 4.57 Å². The summed E-state index contributed by atoms with van der Waals surface area (Å²) in [7, 11) is -4.72. The Morgan fingerprint density at radius 2 is 1.06 bits per heavy atom. The third-order valence-corrected chi connectivity index (χ3v) is 6.11. The van der Waals surface area contributed by atoms with Gasteiger partial charge in [0, 0.05) is 12.8 Å². The van der Waals surface area contributed by atoms with Crippen LogP contribution in [0.2, 0.25) is 0 Å². The van der Waals surface area contributed by atoms with Crippen molar-refractivity contribution >= 4 is 19.8 Å². The highest BCUT2D eigenvalue weighted by molar-refractivity contribution is 7.46. The summed E-state index contributed by atoms with van der Waals surface area (Å²) in [6, 6.07) is 0. The molecule has 0 aliphatic carbocycles. The average Bonchev–Trinajstić information content (AvgIpc) is 2.78. The number of hydrogen-bond acceptors (Lipinski definition) is 6. The molecule has 0 fully saturated rings. The van der Waals surface area contributed by atoms with E-state index < -0.39 is 32.5 Å². The number of phosphoric acid groups is 1. The molecule has 0 aliphatic rings. The smallest absolute Gasteiger partial charge is 0.462 e. The molecule has 8 nitrogen and oxygen atoms in total. The second-order valence-corrected chi connectivity index (χ2v) is 10.3. The Labute approximate surface area is 206 Å². The average molecular weight is 509 g/mol. The van der Waals surface area contributed by atoms with Crippen LogP contribution in [0.1, 0.15) is 129 Å². The van der Waals surface area contributed by atoms with Gasteiger partial charge < -0.3 is 19.3 Å². The van der Waals surface area contributed by atoms with Crippen LogP contribution in [-0.2, 0) is 28.2 Å². The second kappa shape index (κ2) is 22.5. The maximum absolute atomic E-state index is 12.1. The van der Waals surface area contributed by atoms with Crippen molar-refractivity contribution in [2.75, 3.05) is 13.2 Å². The summed E-state index contributed by atoms with van der Waals surface area (Å²) in [5, 5.41) is 0. The molecule has 0 aromatic rings. The first-order chi connectivity index (χ1) is 16.3. The van der Waals surface area contributed by atoms with E-state index >= 15 is 0 Å². The van der Waals surface area contributed by atoms with Gasteiger partial charge in [-0.1, -0.05) is 104 Å². The van der Waals surface area contributed by atoms with Gasteiger partial charge in [0.25, 0.3) is 0 Å². The summed E-state index contributed by atoms with van der Waals surface area (Å²) in [6.07, 6.45) is 17.2. The van der Waals surface area contributed by atoms with Gasteiger partial charge in [0.1, 0.15) is 6.61 Å². The maximum atomic E-state index is 12.1. The fraction of sp³-hybridized carbons (Fsp3) is 0.920. The molecule has 34 heavy (non-hydrogen) atoms. The van der Waals surface area contributed by atoms with Crippen LogP contribution in [0.4, 0.5) is 0 Å². The Balaban J connectivity index is 4.10. The topological polar surface area (TPSA) is 119 Å². The van der Waals surface area contributed by atoms with Crippen molar-refractivity contribution in [1.82, 2.24) is 0 Å². The lowest BCUT2D eigenvalue weighted by Gasteiger charge is -2.18. The molecule has 0 bridgehead atoms. The molecule has 0 aromatic heterocycles. The van der Waals surface area contributed by atoms with Crippen molar-refractivity contribution in [3.63, 3.8) is 0 Å². The van der Waals surface area contributed by atoms with Gasteiger partial charge >= 0.3 is 19.8 Å². The van der Waals surface area contributed by atoms with Crippen molar-refractivity contribution in [2.24, 2.45) is 0 Å². The molecule has 0 rings (SSSR count). The molecule has 0 spiro atoms. The van der Waals surface area contributed by atoms with E-state index in [1.807, 2.05) is 0 Å². The van der Waals surface area contributed by atoms with Crippen molar-refractivity contribution in [3.8, 4) is 0 Å². The van der Waals surface area contributed by atoms with Gasteiger partial charge in [0.2, 0.25) is 0 Å². The molecule has 9 heteroatoms. The fourth-order valence-corrected chi connectivity index (χ4v) is 3.97. The lowest BCUT2D eigenvalue weighted by molar-refractivity contribution is -0.161. The normalized spacial score (nSPS) is 12.5. The van der Waals surface area contributed by atoms with E-state index in [1.165, 1.54) is 44.9 Å². The summed E-state index contributed by atoms with van der Waals surface area (Å²) < 4.78 is 25.9. The summed E-state index contributed by atoms with van der Waals surface area (Å²) in [6.45, 7) is 3.55. The highest BCUT2D eigenvalue weighted by Crippen LogP contribution is 2.35. The van der Waals surface area contributed by atoms with E-state index in [9.17, 15) is 14.2 Å². The summed E-state index contributed by atoms with van der Waals surface area (Å²) in [5.74, 6) is -0.895. The van der Waals surface area contributed by atoms with Gasteiger partial charge in [-0.3, -0.25) is 14.1 Å². The Bertz CT molecular complexity index is 549. The molecule has 0 aromatic carbocycles. The predicted octanol–water partition coefficient (Wildman–Crippen LogP) is 6.61. The molecular weight excluding hydrogens is 459 g/mol. The largest absolute Gasteiger partial charge is 0.469 e. The summed E-state index contributed by atoms with van der Waals surface area (Å²) in [5.41, 5.74) is 0. The van der Waals surface area contributed by atoms with Gasteiger partial charge in [-0.2, -0.15) is 0 Å². The molecule has 0 saturated carbocycles. The first-order valence-corrected chi connectivity index (χ1v) is 14.9. The Morgan fingerprint density at radius 1 is 0.647 bits per heavy atom. The van der Waals surface area contributed by atoms with Gasteiger partial charge in [-0.05, 0) is 12.8 Å². The quantitative estimate of drug-likeness (QED) is 0.0849. The number of esters is 2. The molecule has 202 valence electrons. The molecule has 0 saturated heterocycles. The second-order valence-electron chi connectivity index (χ2n) is 9.03. The zero-order chi connectivity index (χ0) is 25.5. The SMILES string of the molecule is CCCCCCCCCCCCC(=O)OC(COC(=O)CCCCCCCC)COP(=O)(O)O. The van der Waals surface area contributed by atoms with Crippen molar-refractivity contribution in [1.29, 1.82) is 0 Å². The Kier molecular flexibility index (Phi) is 21.9. The van der Waals surface area contributed by atoms with E-state index in [1.54, 1.807) is 0 Å². The van der Waals surface area contributed by atoms with Gasteiger partial charge in [0.15, 0.2) is 6.10 Å². The highest BCUT2D eigenvalue weighted by atomic mass is 31.2. The fourth-order valence-electron chi connectivity index (χ4n) is 3.61. The molecule has 0 aliphatic heterocycles. The van der Waals surface area contributed by atoms with Crippen LogP contribution in [0.15, 0.2) is 0 Å². The van der Waals surface area contributed by atoms with Gasteiger partial charge in [-0.15, -0.1) is 0 Å². The Morgan fingerprint density at radius 3 is 1.50 bits per heavy atom. The van der Waals surface area contributed by atoms with E-state index in [0.29, 0.717) is 6.42 Å². The van der Waals surface area contributed by atoms with Crippen LogP contribution in [-0.4, -0.2) is 41.0 Å². The predicted molar refractivity (Wildman–Crippen MR) is 133 cm³/mol. The number of ether oxygens (including phenoxy) is 2. The number of phosphoric ester groups is 1. The van der Waals surface area contributed by atoms with Crippen LogP contribution in [0, 0.1) is 0 Å². The molecule has 0 radical (unpaired) electrons. The highest BCUT2D eigenvalue weighted by Gasteiger charge is 2.22. The lowest BCUT2D eigenvalue weighted by atomic mass is 10.1. The zero-order valence-corrected chi connectivity index (χ0v) is 22.4. The standard InChI is InChI=1S/C25H49O8P/c1-3-5-7-9-11-12-13-14-16-18-20-25(27)33-23(22-32-34(28,29)30)21-31-24(26)19-17-15-10-8-6-4-2/h23H,3-22H2,1-2H3,(H2,28,29,30). The zero-order valence-electron chi connectivity index (χ0n) is 21.5. The minimum Gasteiger partial charge on any atom is -0.462 e. The van der Waals surface area contributed by atoms with Crippen LogP contribution in [0.5, 0.6) is 0 Å². The maximum Gasteiger partial charge on any atom is 0.469 e. The van der Waals surface area contributed by atoms with Crippen molar-refractivity contribution < 1.29 is 37.9 Å².